The molecule has 12 heteroatoms. The maximum Gasteiger partial charge on any atom is 0.311 e. The predicted octanol–water partition coefficient (Wildman–Crippen LogP) is 4.16. The van der Waals surface area contributed by atoms with Crippen molar-refractivity contribution in [2.75, 3.05) is 6.54 Å². The fourth-order valence-electron chi connectivity index (χ4n) is 4.21. The van der Waals surface area contributed by atoms with Gasteiger partial charge in [0.15, 0.2) is 11.5 Å². The van der Waals surface area contributed by atoms with Gasteiger partial charge in [0.2, 0.25) is 10.0 Å². The van der Waals surface area contributed by atoms with Crippen LogP contribution in [0.1, 0.15) is 24.0 Å². The highest BCUT2D eigenvalue weighted by Crippen LogP contribution is 2.50. The molecule has 0 bridgehead atoms. The summed E-state index contributed by atoms with van der Waals surface area (Å²) in [5, 5.41) is 9.98. The van der Waals surface area contributed by atoms with Crippen molar-refractivity contribution in [2.24, 2.45) is 0 Å². The Bertz CT molecular complexity index is 1400. The molecule has 6 nitrogen and oxygen atoms in total. The van der Waals surface area contributed by atoms with Crippen LogP contribution in [0.25, 0.3) is 0 Å². The standard InChI is InChI=1S/C23H16F5NO5S/c24-12-3-5-14(16(26)8-12)23(15-6-4-13(25)9-17(15)27)33-19-10-18(28)21(11-20(19)34-23)35(31,32)29-7-1-2-22(29)30/h3-6,8-11,22,30H,1-2,7H2/t22-/m0/s1. The summed E-state index contributed by atoms with van der Waals surface area (Å²) in [4.78, 5) is -0.851. The van der Waals surface area contributed by atoms with Crippen molar-refractivity contribution in [3.8, 4) is 11.5 Å². The van der Waals surface area contributed by atoms with Crippen LogP contribution in [0.5, 0.6) is 11.5 Å². The number of hydrogen-bond donors (Lipinski definition) is 1. The van der Waals surface area contributed by atoms with Crippen molar-refractivity contribution >= 4 is 10.0 Å². The normalized spacial score (nSPS) is 19.3. The van der Waals surface area contributed by atoms with E-state index in [0.29, 0.717) is 24.6 Å². The lowest BCUT2D eigenvalue weighted by Crippen LogP contribution is -2.39. The molecule has 0 unspecified atom stereocenters. The Morgan fingerprint density at radius 1 is 0.829 bits per heavy atom. The van der Waals surface area contributed by atoms with Crippen LogP contribution < -0.4 is 9.47 Å². The van der Waals surface area contributed by atoms with E-state index in [4.69, 9.17) is 9.47 Å². The fourth-order valence-corrected chi connectivity index (χ4v) is 5.82. The van der Waals surface area contributed by atoms with Gasteiger partial charge >= 0.3 is 5.79 Å². The zero-order valence-electron chi connectivity index (χ0n) is 17.6. The minimum absolute atomic E-state index is 0.0388. The van der Waals surface area contributed by atoms with E-state index in [-0.39, 0.29) is 13.0 Å². The molecule has 0 saturated carbocycles. The first kappa shape index (κ1) is 23.5. The fraction of sp³-hybridized carbons (Fsp3) is 0.217. The zero-order valence-corrected chi connectivity index (χ0v) is 18.5. The van der Waals surface area contributed by atoms with Gasteiger partial charge in [0.1, 0.15) is 40.2 Å². The summed E-state index contributed by atoms with van der Waals surface area (Å²) in [6, 6.07) is 5.93. The van der Waals surface area contributed by atoms with Crippen LogP contribution in [0, 0.1) is 29.1 Å². The minimum atomic E-state index is -4.51. The van der Waals surface area contributed by atoms with Gasteiger partial charge < -0.3 is 14.6 Å². The van der Waals surface area contributed by atoms with E-state index in [1.165, 1.54) is 0 Å². The molecule has 0 aliphatic carbocycles. The maximum absolute atomic E-state index is 15.0. The molecular weight excluding hydrogens is 497 g/mol. The highest BCUT2D eigenvalue weighted by molar-refractivity contribution is 7.89. The zero-order chi connectivity index (χ0) is 25.1. The summed E-state index contributed by atoms with van der Waals surface area (Å²) < 4.78 is 110. The average Bonchev–Trinajstić information content (AvgIpc) is 3.37. The van der Waals surface area contributed by atoms with Crippen LogP contribution in [-0.4, -0.2) is 30.6 Å². The third kappa shape index (κ3) is 3.72. The molecule has 1 fully saturated rings. The topological polar surface area (TPSA) is 76.1 Å². The van der Waals surface area contributed by atoms with Gasteiger partial charge in [-0.3, -0.25) is 0 Å². The molecule has 0 spiro atoms. The number of ether oxygens (including phenoxy) is 2. The Balaban J connectivity index is 1.67. The summed E-state index contributed by atoms with van der Waals surface area (Å²) >= 11 is 0. The van der Waals surface area contributed by atoms with Gasteiger partial charge in [-0.2, -0.15) is 4.31 Å². The van der Waals surface area contributed by atoms with E-state index < -0.39 is 78.6 Å². The van der Waals surface area contributed by atoms with Crippen LogP contribution in [0.2, 0.25) is 0 Å². The van der Waals surface area contributed by atoms with Crippen LogP contribution in [0.15, 0.2) is 53.4 Å². The molecule has 3 aromatic rings. The second-order valence-electron chi connectivity index (χ2n) is 8.04. The Kier molecular flexibility index (Phi) is 5.49. The van der Waals surface area contributed by atoms with E-state index >= 15 is 0 Å². The number of aliphatic hydroxyl groups excluding tert-OH is 1. The van der Waals surface area contributed by atoms with Crippen molar-refractivity contribution in [2.45, 2.75) is 29.8 Å². The molecule has 0 radical (unpaired) electrons. The average molecular weight is 513 g/mol. The molecule has 2 heterocycles. The number of nitrogens with zero attached hydrogens (tertiary/aromatic N) is 1. The minimum Gasteiger partial charge on any atom is -0.440 e. The second kappa shape index (κ2) is 8.18. The molecule has 1 saturated heterocycles. The van der Waals surface area contributed by atoms with Crippen LogP contribution >= 0.6 is 0 Å². The van der Waals surface area contributed by atoms with Gasteiger partial charge in [0.05, 0.1) is 11.1 Å². The first-order chi connectivity index (χ1) is 16.5. The van der Waals surface area contributed by atoms with Crippen molar-refractivity contribution < 1.29 is 45.0 Å². The number of fused-ring (bicyclic) bond motifs is 1. The summed E-state index contributed by atoms with van der Waals surface area (Å²) in [5.74, 6) is -8.91. The number of sulfonamides is 1. The SMILES string of the molecule is O=S(=O)(c1cc2c(cc1F)OC(c1ccc(F)cc1F)(c1ccc(F)cc1F)O2)N1CCC[C@@H]1O. The van der Waals surface area contributed by atoms with Gasteiger partial charge in [-0.1, -0.05) is 0 Å². The van der Waals surface area contributed by atoms with E-state index in [1.54, 1.807) is 0 Å². The highest BCUT2D eigenvalue weighted by Gasteiger charge is 2.50. The predicted molar refractivity (Wildman–Crippen MR) is 110 cm³/mol. The quantitative estimate of drug-likeness (QED) is 0.531. The molecule has 2 aliphatic heterocycles. The van der Waals surface area contributed by atoms with E-state index in [2.05, 4.69) is 0 Å². The molecule has 5 rings (SSSR count). The van der Waals surface area contributed by atoms with Crippen molar-refractivity contribution in [3.63, 3.8) is 0 Å². The molecule has 1 N–H and O–H groups in total. The molecule has 3 aromatic carbocycles. The van der Waals surface area contributed by atoms with Crippen LogP contribution in [0.3, 0.4) is 0 Å². The first-order valence-electron chi connectivity index (χ1n) is 10.4. The highest BCUT2D eigenvalue weighted by atomic mass is 32.2. The third-order valence-electron chi connectivity index (χ3n) is 5.84. The number of aliphatic hydroxyl groups is 1. The summed E-state index contributed by atoms with van der Waals surface area (Å²) in [6.45, 7) is -0.0388. The molecule has 1 atom stereocenters. The molecule has 184 valence electrons. The largest absolute Gasteiger partial charge is 0.440 e. The van der Waals surface area contributed by atoms with Gasteiger partial charge in [-0.25, -0.2) is 30.4 Å². The Morgan fingerprint density at radius 3 is 1.86 bits per heavy atom. The number of benzene rings is 3. The molecule has 2 aliphatic rings. The maximum atomic E-state index is 15.0. The Labute approximate surface area is 196 Å². The summed E-state index contributed by atoms with van der Waals surface area (Å²) in [6.07, 6.45) is -0.809. The van der Waals surface area contributed by atoms with Gasteiger partial charge in [-0.15, -0.1) is 0 Å². The third-order valence-corrected chi connectivity index (χ3v) is 7.75. The second-order valence-corrected chi connectivity index (χ2v) is 9.90. The van der Waals surface area contributed by atoms with E-state index in [0.717, 1.165) is 34.6 Å². The molecule has 0 aromatic heterocycles. The van der Waals surface area contributed by atoms with E-state index in [9.17, 15) is 35.5 Å². The summed E-state index contributed by atoms with van der Waals surface area (Å²) in [7, 11) is -4.51. The smallest absolute Gasteiger partial charge is 0.311 e. The Hall–Kier alpha value is -3.22. The number of hydrogen-bond acceptors (Lipinski definition) is 5. The molecular formula is C23H16F5NO5S. The van der Waals surface area contributed by atoms with Gasteiger partial charge in [0, 0.05) is 30.8 Å². The lowest BCUT2D eigenvalue weighted by molar-refractivity contribution is -0.0516. The number of halogens is 5. The van der Waals surface area contributed by atoms with Crippen molar-refractivity contribution in [3.05, 3.63) is 88.7 Å². The molecule has 35 heavy (non-hydrogen) atoms. The lowest BCUT2D eigenvalue weighted by atomic mass is 9.96. The van der Waals surface area contributed by atoms with Crippen molar-refractivity contribution in [1.82, 2.24) is 4.31 Å². The van der Waals surface area contributed by atoms with E-state index in [1.807, 2.05) is 0 Å². The number of rotatable bonds is 4. The molecule has 0 amide bonds. The monoisotopic (exact) mass is 513 g/mol. The lowest BCUT2D eigenvalue weighted by Gasteiger charge is -2.29. The van der Waals surface area contributed by atoms with Crippen LogP contribution in [-0.2, 0) is 15.8 Å². The Morgan fingerprint density at radius 2 is 1.37 bits per heavy atom. The van der Waals surface area contributed by atoms with Crippen molar-refractivity contribution in [1.29, 1.82) is 0 Å². The van der Waals surface area contributed by atoms with Gasteiger partial charge in [-0.05, 0) is 37.1 Å². The van der Waals surface area contributed by atoms with Crippen LogP contribution in [0.4, 0.5) is 22.0 Å². The first-order valence-corrected chi connectivity index (χ1v) is 11.8. The summed E-state index contributed by atoms with van der Waals surface area (Å²) in [5.41, 5.74) is -1.05. The van der Waals surface area contributed by atoms with Gasteiger partial charge in [0.25, 0.3) is 0 Å².